The molecule has 1 aliphatic heterocycles. The zero-order valence-corrected chi connectivity index (χ0v) is 13.1. The molecule has 0 aromatic carbocycles. The van der Waals surface area contributed by atoms with Gasteiger partial charge in [-0.25, -0.2) is 0 Å². The van der Waals surface area contributed by atoms with Crippen LogP contribution in [0.3, 0.4) is 0 Å². The molecule has 0 unspecified atom stereocenters. The van der Waals surface area contributed by atoms with E-state index in [2.05, 4.69) is 21.0 Å². The van der Waals surface area contributed by atoms with Crippen LogP contribution in [0.15, 0.2) is 33.6 Å². The van der Waals surface area contributed by atoms with E-state index in [1.165, 1.54) is 6.26 Å². The number of rotatable bonds is 3. The molecule has 3 heterocycles. The largest absolute Gasteiger partial charge is 0.467 e. The molecule has 0 spiro atoms. The Balaban J connectivity index is 1.61. The average molecular weight is 353 g/mol. The molecule has 7 heteroatoms. The number of furan rings is 1. The molecule has 1 fully saturated rings. The van der Waals surface area contributed by atoms with Gasteiger partial charge in [-0.15, -0.1) is 0 Å². The summed E-state index contributed by atoms with van der Waals surface area (Å²) in [6, 6.07) is 2.07. The van der Waals surface area contributed by atoms with Crippen LogP contribution in [0.2, 0.25) is 0 Å². The van der Waals surface area contributed by atoms with Crippen molar-refractivity contribution in [3.8, 4) is 0 Å². The number of piperidine rings is 1. The molecule has 21 heavy (non-hydrogen) atoms. The zero-order chi connectivity index (χ0) is 14.8. The Morgan fingerprint density at radius 2 is 2.24 bits per heavy atom. The number of hydrogen-bond donors (Lipinski definition) is 1. The highest BCUT2D eigenvalue weighted by atomic mass is 79.9. The second-order valence-electron chi connectivity index (χ2n) is 5.17. The number of likely N-dealkylation sites (tertiary alicyclic amines) is 1. The highest BCUT2D eigenvalue weighted by Gasteiger charge is 2.25. The molecular weight excluding hydrogens is 336 g/mol. The lowest BCUT2D eigenvalue weighted by Crippen LogP contribution is -2.39. The van der Waals surface area contributed by atoms with E-state index in [-0.39, 0.29) is 5.91 Å². The number of halogens is 1. The summed E-state index contributed by atoms with van der Waals surface area (Å²) in [5, 5.41) is 4.32. The van der Waals surface area contributed by atoms with E-state index in [9.17, 15) is 4.79 Å². The minimum Gasteiger partial charge on any atom is -0.467 e. The molecule has 112 valence electrons. The highest BCUT2D eigenvalue weighted by molar-refractivity contribution is 9.10. The van der Waals surface area contributed by atoms with Gasteiger partial charge in [-0.3, -0.25) is 9.48 Å². The molecule has 0 atom stereocenters. The number of carbonyl (C=O) groups is 1. The minimum atomic E-state index is 0.0125. The molecule has 1 aliphatic rings. The summed E-state index contributed by atoms with van der Waals surface area (Å²) < 4.78 is 8.18. The lowest BCUT2D eigenvalue weighted by molar-refractivity contribution is 0.0689. The molecule has 0 radical (unpaired) electrons. The Hall–Kier alpha value is -1.60. The second kappa shape index (κ2) is 6.03. The molecule has 0 saturated carbocycles. The molecule has 0 aliphatic carbocycles. The van der Waals surface area contributed by atoms with Crippen LogP contribution in [0.4, 0.5) is 0 Å². The Morgan fingerprint density at radius 3 is 2.81 bits per heavy atom. The third-order valence-corrected chi connectivity index (χ3v) is 4.21. The summed E-state index contributed by atoms with van der Waals surface area (Å²) in [5.74, 6) is 0.646. The monoisotopic (exact) mass is 352 g/mol. The van der Waals surface area contributed by atoms with E-state index in [1.807, 2.05) is 15.8 Å². The summed E-state index contributed by atoms with van der Waals surface area (Å²) in [4.78, 5) is 14.2. The van der Waals surface area contributed by atoms with Gasteiger partial charge in [0.2, 0.25) is 0 Å². The van der Waals surface area contributed by atoms with E-state index in [0.717, 1.165) is 30.4 Å². The molecule has 2 N–H and O–H groups in total. The maximum Gasteiger partial charge on any atom is 0.257 e. The van der Waals surface area contributed by atoms with Gasteiger partial charge in [0.05, 0.1) is 28.8 Å². The van der Waals surface area contributed by atoms with Crippen molar-refractivity contribution in [2.75, 3.05) is 13.1 Å². The zero-order valence-electron chi connectivity index (χ0n) is 11.5. The maximum absolute atomic E-state index is 12.4. The lowest BCUT2D eigenvalue weighted by Gasteiger charge is -2.31. The van der Waals surface area contributed by atoms with Crippen molar-refractivity contribution in [2.45, 2.75) is 25.4 Å². The van der Waals surface area contributed by atoms with Gasteiger partial charge < -0.3 is 15.1 Å². The van der Waals surface area contributed by atoms with Crippen molar-refractivity contribution in [2.24, 2.45) is 5.73 Å². The molecule has 6 nitrogen and oxygen atoms in total. The van der Waals surface area contributed by atoms with E-state index in [0.29, 0.717) is 23.9 Å². The Morgan fingerprint density at radius 1 is 1.48 bits per heavy atom. The number of amides is 1. The van der Waals surface area contributed by atoms with Gasteiger partial charge in [-0.1, -0.05) is 0 Å². The predicted molar refractivity (Wildman–Crippen MR) is 80.7 cm³/mol. The fourth-order valence-electron chi connectivity index (χ4n) is 2.63. The smallest absolute Gasteiger partial charge is 0.257 e. The van der Waals surface area contributed by atoms with Crippen LogP contribution < -0.4 is 5.73 Å². The first kappa shape index (κ1) is 14.3. The van der Waals surface area contributed by atoms with Crippen LogP contribution in [0.5, 0.6) is 0 Å². The number of hydrogen-bond acceptors (Lipinski definition) is 4. The van der Waals surface area contributed by atoms with Crippen LogP contribution in [0, 0.1) is 0 Å². The van der Waals surface area contributed by atoms with Crippen LogP contribution in [0.1, 0.15) is 35.0 Å². The van der Waals surface area contributed by atoms with Crippen molar-refractivity contribution < 1.29 is 9.21 Å². The molecule has 2 aromatic rings. The predicted octanol–water partition coefficient (Wildman–Crippen LogP) is 2.17. The van der Waals surface area contributed by atoms with E-state index in [1.54, 1.807) is 12.3 Å². The van der Waals surface area contributed by atoms with Crippen LogP contribution >= 0.6 is 15.9 Å². The van der Waals surface area contributed by atoms with Gasteiger partial charge in [0.15, 0.2) is 0 Å². The first-order valence-electron chi connectivity index (χ1n) is 6.94. The first-order chi connectivity index (χ1) is 10.2. The Bertz CT molecular complexity index is 628. The van der Waals surface area contributed by atoms with Gasteiger partial charge in [-0.2, -0.15) is 5.10 Å². The van der Waals surface area contributed by atoms with Crippen LogP contribution in [-0.4, -0.2) is 33.7 Å². The summed E-state index contributed by atoms with van der Waals surface area (Å²) >= 11 is 3.41. The van der Waals surface area contributed by atoms with Gasteiger partial charge in [0.25, 0.3) is 5.91 Å². The van der Waals surface area contributed by atoms with Gasteiger partial charge in [0, 0.05) is 19.3 Å². The number of nitrogens with zero attached hydrogens (tertiary/aromatic N) is 3. The molecule has 1 saturated heterocycles. The molecule has 0 bridgehead atoms. The SMILES string of the molecule is NCc1cc(C(=O)N2CCC(n3cc(Br)cn3)CC2)co1. The molecule has 1 amide bonds. The molecule has 3 rings (SSSR count). The summed E-state index contributed by atoms with van der Waals surface area (Å²) in [7, 11) is 0. The lowest BCUT2D eigenvalue weighted by atomic mass is 10.0. The standard InChI is InChI=1S/C14H17BrN4O2/c15-11-7-17-19(8-11)12-1-3-18(4-2-12)14(20)10-5-13(6-16)21-9-10/h5,7-9,12H,1-4,6,16H2. The fraction of sp³-hybridized carbons (Fsp3) is 0.429. The number of nitrogens with two attached hydrogens (primary N) is 1. The van der Waals surface area contributed by atoms with Gasteiger partial charge in [-0.05, 0) is 34.8 Å². The Kier molecular flexibility index (Phi) is 4.12. The normalized spacial score (nSPS) is 16.4. The van der Waals surface area contributed by atoms with Crippen molar-refractivity contribution in [1.29, 1.82) is 0 Å². The third-order valence-electron chi connectivity index (χ3n) is 3.80. The average Bonchev–Trinajstić information content (AvgIpc) is 3.15. The highest BCUT2D eigenvalue weighted by Crippen LogP contribution is 2.24. The van der Waals surface area contributed by atoms with Gasteiger partial charge >= 0.3 is 0 Å². The number of aromatic nitrogens is 2. The molecule has 2 aromatic heterocycles. The summed E-state index contributed by atoms with van der Waals surface area (Å²) in [5.41, 5.74) is 6.07. The maximum atomic E-state index is 12.4. The second-order valence-corrected chi connectivity index (χ2v) is 6.08. The minimum absolute atomic E-state index is 0.0125. The third kappa shape index (κ3) is 3.03. The summed E-state index contributed by atoms with van der Waals surface area (Å²) in [6.45, 7) is 1.76. The van der Waals surface area contributed by atoms with Crippen molar-refractivity contribution >= 4 is 21.8 Å². The first-order valence-corrected chi connectivity index (χ1v) is 7.73. The van der Waals surface area contributed by atoms with Crippen molar-refractivity contribution in [3.05, 3.63) is 40.5 Å². The van der Waals surface area contributed by atoms with E-state index >= 15 is 0 Å². The van der Waals surface area contributed by atoms with Gasteiger partial charge in [0.1, 0.15) is 12.0 Å². The fourth-order valence-corrected chi connectivity index (χ4v) is 2.93. The number of carbonyl (C=O) groups excluding carboxylic acids is 1. The van der Waals surface area contributed by atoms with E-state index < -0.39 is 0 Å². The Labute approximate surface area is 131 Å². The van der Waals surface area contributed by atoms with E-state index in [4.69, 9.17) is 10.2 Å². The topological polar surface area (TPSA) is 77.3 Å². The van der Waals surface area contributed by atoms with Crippen LogP contribution in [-0.2, 0) is 6.54 Å². The quantitative estimate of drug-likeness (QED) is 0.918. The van der Waals surface area contributed by atoms with Crippen molar-refractivity contribution in [1.82, 2.24) is 14.7 Å². The molecular formula is C14H17BrN4O2. The van der Waals surface area contributed by atoms with Crippen LogP contribution in [0.25, 0.3) is 0 Å². The van der Waals surface area contributed by atoms with Crippen molar-refractivity contribution in [3.63, 3.8) is 0 Å². The summed E-state index contributed by atoms with van der Waals surface area (Å²) in [6.07, 6.45) is 7.06.